The molecule has 126 valence electrons. The molecule has 2 rings (SSSR count). The molecule has 1 N–H and O–H groups in total. The largest absolute Gasteiger partial charge is 0.344 e. The van der Waals surface area contributed by atoms with Crippen LogP contribution in [-0.2, 0) is 16.1 Å². The summed E-state index contributed by atoms with van der Waals surface area (Å²) in [6.07, 6.45) is 2.02. The summed E-state index contributed by atoms with van der Waals surface area (Å²) in [4.78, 5) is 25.7. The molecule has 1 saturated heterocycles. The molecule has 0 bridgehead atoms. The lowest BCUT2D eigenvalue weighted by Gasteiger charge is -2.17. The number of nitrogens with zero attached hydrogens (tertiary/aromatic N) is 1. The summed E-state index contributed by atoms with van der Waals surface area (Å²) >= 11 is 5.69. The molecule has 0 aromatic heterocycles. The van der Waals surface area contributed by atoms with Crippen molar-refractivity contribution in [2.75, 3.05) is 13.1 Å². The van der Waals surface area contributed by atoms with E-state index in [1.807, 2.05) is 0 Å². The lowest BCUT2D eigenvalue weighted by atomic mass is 9.97. The van der Waals surface area contributed by atoms with Crippen LogP contribution in [0.1, 0.15) is 32.3 Å². The van der Waals surface area contributed by atoms with E-state index < -0.39 is 17.6 Å². The average Bonchev–Trinajstić information content (AvgIpc) is 2.95. The molecule has 23 heavy (non-hydrogen) atoms. The third-order valence-corrected chi connectivity index (χ3v) is 4.30. The van der Waals surface area contributed by atoms with E-state index in [-0.39, 0.29) is 11.6 Å². The average molecular weight is 341 g/mol. The summed E-state index contributed by atoms with van der Waals surface area (Å²) in [7, 11) is 0. The van der Waals surface area contributed by atoms with Gasteiger partial charge < -0.3 is 10.2 Å². The number of amides is 2. The van der Waals surface area contributed by atoms with E-state index >= 15 is 0 Å². The van der Waals surface area contributed by atoms with Gasteiger partial charge in [0.1, 0.15) is 5.82 Å². The normalized spacial score (nSPS) is 17.6. The summed E-state index contributed by atoms with van der Waals surface area (Å²) in [5.41, 5.74) is 0.650. The Hall–Kier alpha value is -1.62. The first-order chi connectivity index (χ1) is 10.9. The first kappa shape index (κ1) is 17.7. The van der Waals surface area contributed by atoms with E-state index in [0.717, 1.165) is 12.8 Å². The van der Waals surface area contributed by atoms with E-state index in [4.69, 9.17) is 11.6 Å². The Bertz CT molecular complexity index is 592. The fourth-order valence-corrected chi connectivity index (χ4v) is 3.13. The Labute approximate surface area is 141 Å². The summed E-state index contributed by atoms with van der Waals surface area (Å²) in [6.45, 7) is 5.74. The highest BCUT2D eigenvalue weighted by Gasteiger charge is 2.30. The molecule has 0 spiro atoms. The molecule has 0 saturated carbocycles. The third-order valence-electron chi connectivity index (χ3n) is 4.01. The SMILES string of the molecule is CC(C)CC1CCN(C(=O)C(=O)NCc2ccc(F)c(Cl)c2)C1. The predicted octanol–water partition coefficient (Wildman–Crippen LogP) is 2.99. The molecule has 1 fully saturated rings. The van der Waals surface area contributed by atoms with Crippen molar-refractivity contribution in [3.8, 4) is 0 Å². The van der Waals surface area contributed by atoms with E-state index in [9.17, 15) is 14.0 Å². The van der Waals surface area contributed by atoms with Crippen LogP contribution in [0, 0.1) is 17.7 Å². The van der Waals surface area contributed by atoms with E-state index in [2.05, 4.69) is 19.2 Å². The van der Waals surface area contributed by atoms with Crippen LogP contribution in [0.5, 0.6) is 0 Å². The van der Waals surface area contributed by atoms with Crippen molar-refractivity contribution >= 4 is 23.4 Å². The first-order valence-electron chi connectivity index (χ1n) is 7.88. The Morgan fingerprint density at radius 3 is 2.83 bits per heavy atom. The van der Waals surface area contributed by atoms with Crippen LogP contribution in [0.4, 0.5) is 4.39 Å². The summed E-state index contributed by atoms with van der Waals surface area (Å²) in [6, 6.07) is 4.21. The zero-order valence-corrected chi connectivity index (χ0v) is 14.2. The molecule has 0 aliphatic carbocycles. The topological polar surface area (TPSA) is 49.4 Å². The van der Waals surface area contributed by atoms with Crippen molar-refractivity contribution in [2.45, 2.75) is 33.2 Å². The molecule has 1 unspecified atom stereocenters. The Morgan fingerprint density at radius 1 is 1.43 bits per heavy atom. The number of hydrogen-bond donors (Lipinski definition) is 1. The fraction of sp³-hybridized carbons (Fsp3) is 0.529. The second kappa shape index (κ2) is 7.77. The molecule has 1 aliphatic rings. The van der Waals surface area contributed by atoms with Gasteiger partial charge in [-0.25, -0.2) is 4.39 Å². The highest BCUT2D eigenvalue weighted by atomic mass is 35.5. The lowest BCUT2D eigenvalue weighted by Crippen LogP contribution is -2.41. The second-order valence-electron chi connectivity index (χ2n) is 6.47. The van der Waals surface area contributed by atoms with Crippen LogP contribution in [0.2, 0.25) is 5.02 Å². The number of carbonyl (C=O) groups excluding carboxylic acids is 2. The van der Waals surface area contributed by atoms with Crippen LogP contribution >= 0.6 is 11.6 Å². The third kappa shape index (κ3) is 4.93. The van der Waals surface area contributed by atoms with Gasteiger partial charge in [0.15, 0.2) is 0 Å². The molecule has 2 amide bonds. The van der Waals surface area contributed by atoms with E-state index in [1.54, 1.807) is 4.90 Å². The molecule has 6 heteroatoms. The summed E-state index contributed by atoms with van der Waals surface area (Å²) in [5, 5.41) is 2.57. The molecular weight excluding hydrogens is 319 g/mol. The van der Waals surface area contributed by atoms with Gasteiger partial charge in [-0.2, -0.15) is 0 Å². The predicted molar refractivity (Wildman–Crippen MR) is 87.4 cm³/mol. The number of nitrogens with one attached hydrogen (secondary N) is 1. The van der Waals surface area contributed by atoms with Gasteiger partial charge in [0.25, 0.3) is 0 Å². The van der Waals surface area contributed by atoms with E-state index in [0.29, 0.717) is 30.5 Å². The van der Waals surface area contributed by atoms with Gasteiger partial charge in [0.05, 0.1) is 5.02 Å². The van der Waals surface area contributed by atoms with Crippen LogP contribution in [0.25, 0.3) is 0 Å². The number of rotatable bonds is 4. The van der Waals surface area contributed by atoms with Crippen molar-refractivity contribution in [2.24, 2.45) is 11.8 Å². The van der Waals surface area contributed by atoms with Gasteiger partial charge in [0, 0.05) is 19.6 Å². The minimum absolute atomic E-state index is 0.000791. The summed E-state index contributed by atoms with van der Waals surface area (Å²) in [5.74, 6) is -0.569. The summed E-state index contributed by atoms with van der Waals surface area (Å²) < 4.78 is 13.1. The minimum Gasteiger partial charge on any atom is -0.344 e. The number of halogens is 2. The molecule has 1 atom stereocenters. The standard InChI is InChI=1S/C17H22ClFN2O2/c1-11(2)7-13-5-6-21(10-13)17(23)16(22)20-9-12-3-4-15(19)14(18)8-12/h3-4,8,11,13H,5-7,9-10H2,1-2H3,(H,20,22). The van der Waals surface area contributed by atoms with Gasteiger partial charge in [-0.15, -0.1) is 0 Å². The molecule has 1 heterocycles. The Morgan fingerprint density at radius 2 is 2.17 bits per heavy atom. The zero-order chi connectivity index (χ0) is 17.0. The molecule has 0 radical (unpaired) electrons. The number of carbonyl (C=O) groups is 2. The maximum Gasteiger partial charge on any atom is 0.311 e. The maximum atomic E-state index is 13.1. The van der Waals surface area contributed by atoms with Crippen LogP contribution in [0.15, 0.2) is 18.2 Å². The zero-order valence-electron chi connectivity index (χ0n) is 13.4. The molecule has 4 nitrogen and oxygen atoms in total. The van der Waals surface area contributed by atoms with Crippen molar-refractivity contribution in [1.82, 2.24) is 10.2 Å². The van der Waals surface area contributed by atoms with Crippen molar-refractivity contribution in [3.05, 3.63) is 34.6 Å². The van der Waals surface area contributed by atoms with Crippen LogP contribution in [-0.4, -0.2) is 29.8 Å². The second-order valence-corrected chi connectivity index (χ2v) is 6.87. The van der Waals surface area contributed by atoms with Crippen LogP contribution in [0.3, 0.4) is 0 Å². The Balaban J connectivity index is 1.83. The van der Waals surface area contributed by atoms with Gasteiger partial charge >= 0.3 is 11.8 Å². The first-order valence-corrected chi connectivity index (χ1v) is 8.25. The molecule has 1 aliphatic heterocycles. The monoisotopic (exact) mass is 340 g/mol. The Kier molecular flexibility index (Phi) is 5.99. The molecular formula is C17H22ClFN2O2. The van der Waals surface area contributed by atoms with Gasteiger partial charge in [-0.05, 0) is 42.4 Å². The highest BCUT2D eigenvalue weighted by molar-refractivity contribution is 6.35. The fourth-order valence-electron chi connectivity index (χ4n) is 2.93. The van der Waals surface area contributed by atoms with Crippen molar-refractivity contribution < 1.29 is 14.0 Å². The molecule has 1 aromatic carbocycles. The van der Waals surface area contributed by atoms with Gasteiger partial charge in [-0.3, -0.25) is 9.59 Å². The maximum absolute atomic E-state index is 13.1. The number of benzene rings is 1. The smallest absolute Gasteiger partial charge is 0.311 e. The molecule has 1 aromatic rings. The lowest BCUT2D eigenvalue weighted by molar-refractivity contribution is -0.145. The van der Waals surface area contributed by atoms with E-state index in [1.165, 1.54) is 18.2 Å². The van der Waals surface area contributed by atoms with Gasteiger partial charge in [0.2, 0.25) is 0 Å². The van der Waals surface area contributed by atoms with Gasteiger partial charge in [-0.1, -0.05) is 31.5 Å². The minimum atomic E-state index is -0.629. The van der Waals surface area contributed by atoms with Crippen molar-refractivity contribution in [1.29, 1.82) is 0 Å². The number of likely N-dealkylation sites (tertiary alicyclic amines) is 1. The van der Waals surface area contributed by atoms with Crippen molar-refractivity contribution in [3.63, 3.8) is 0 Å². The quantitative estimate of drug-likeness (QED) is 0.857. The number of hydrogen-bond acceptors (Lipinski definition) is 2. The van der Waals surface area contributed by atoms with Crippen LogP contribution < -0.4 is 5.32 Å². The highest BCUT2D eigenvalue weighted by Crippen LogP contribution is 2.23.